The Balaban J connectivity index is 1.86. The number of rotatable bonds is 10. The van der Waals surface area contributed by atoms with Crippen LogP contribution in [0, 0.1) is 0 Å². The summed E-state index contributed by atoms with van der Waals surface area (Å²) < 4.78 is 11.3. The molecule has 27 heavy (non-hydrogen) atoms. The highest BCUT2D eigenvalue weighted by atomic mass is 16.5. The molecule has 1 saturated heterocycles. The SMILES string of the molecule is COc1cc(CNC(C)(C)CO)ccc1OCC(O)CN1CCCCCC1. The smallest absolute Gasteiger partial charge is 0.161 e. The fourth-order valence-electron chi connectivity index (χ4n) is 3.19. The minimum atomic E-state index is -0.514. The Morgan fingerprint density at radius 2 is 1.85 bits per heavy atom. The average Bonchev–Trinajstić information content (AvgIpc) is 2.93. The zero-order valence-corrected chi connectivity index (χ0v) is 17.0. The molecule has 1 fully saturated rings. The first kappa shape index (κ1) is 22.0. The average molecular weight is 381 g/mol. The number of hydrogen-bond donors (Lipinski definition) is 3. The highest BCUT2D eigenvalue weighted by Gasteiger charge is 2.17. The molecule has 0 aliphatic carbocycles. The van der Waals surface area contributed by atoms with Crippen molar-refractivity contribution in [2.75, 3.05) is 40.0 Å². The maximum Gasteiger partial charge on any atom is 0.161 e. The molecule has 1 aliphatic rings. The lowest BCUT2D eigenvalue weighted by molar-refractivity contribution is 0.0683. The lowest BCUT2D eigenvalue weighted by Crippen LogP contribution is -2.42. The molecule has 1 heterocycles. The first-order chi connectivity index (χ1) is 12.9. The van der Waals surface area contributed by atoms with Gasteiger partial charge < -0.3 is 29.9 Å². The molecule has 0 spiro atoms. The van der Waals surface area contributed by atoms with Gasteiger partial charge in [-0.2, -0.15) is 0 Å². The van der Waals surface area contributed by atoms with E-state index in [1.54, 1.807) is 7.11 Å². The summed E-state index contributed by atoms with van der Waals surface area (Å²) in [5, 5.41) is 23.0. The fraction of sp³-hybridized carbons (Fsp3) is 0.714. The second-order valence-electron chi connectivity index (χ2n) is 8.06. The van der Waals surface area contributed by atoms with E-state index in [0.717, 1.165) is 18.7 Å². The molecule has 1 aromatic rings. The van der Waals surface area contributed by atoms with Crippen molar-refractivity contribution in [1.29, 1.82) is 0 Å². The van der Waals surface area contributed by atoms with Crippen LogP contribution >= 0.6 is 0 Å². The van der Waals surface area contributed by atoms with Crippen LogP contribution in [0.5, 0.6) is 11.5 Å². The minimum Gasteiger partial charge on any atom is -0.493 e. The van der Waals surface area contributed by atoms with Crippen LogP contribution in [-0.2, 0) is 6.54 Å². The van der Waals surface area contributed by atoms with Gasteiger partial charge in [0.2, 0.25) is 0 Å². The topological polar surface area (TPSA) is 74.2 Å². The third-order valence-electron chi connectivity index (χ3n) is 4.99. The Kier molecular flexibility index (Phi) is 8.83. The molecule has 0 saturated carbocycles. The number of aliphatic hydroxyl groups excluding tert-OH is 2. The van der Waals surface area contributed by atoms with Gasteiger partial charge in [0.05, 0.1) is 13.7 Å². The Morgan fingerprint density at radius 1 is 1.15 bits per heavy atom. The Morgan fingerprint density at radius 3 is 2.48 bits per heavy atom. The monoisotopic (exact) mass is 380 g/mol. The molecule has 0 bridgehead atoms. The van der Waals surface area contributed by atoms with Gasteiger partial charge in [0.15, 0.2) is 11.5 Å². The summed E-state index contributed by atoms with van der Waals surface area (Å²) in [5.74, 6) is 1.29. The first-order valence-electron chi connectivity index (χ1n) is 9.99. The van der Waals surface area contributed by atoms with Crippen LogP contribution in [0.4, 0.5) is 0 Å². The Bertz CT molecular complexity index is 557. The van der Waals surface area contributed by atoms with Crippen molar-refractivity contribution in [3.8, 4) is 11.5 Å². The van der Waals surface area contributed by atoms with Gasteiger partial charge in [-0.1, -0.05) is 18.9 Å². The number of nitrogens with one attached hydrogen (secondary N) is 1. The molecule has 1 unspecified atom stereocenters. The van der Waals surface area contributed by atoms with Gasteiger partial charge in [0.25, 0.3) is 0 Å². The molecule has 6 nitrogen and oxygen atoms in total. The van der Waals surface area contributed by atoms with Crippen LogP contribution in [-0.4, -0.2) is 66.7 Å². The number of methoxy groups -OCH3 is 1. The molecule has 0 aromatic heterocycles. The van der Waals surface area contributed by atoms with Gasteiger partial charge in [-0.05, 0) is 57.5 Å². The fourth-order valence-corrected chi connectivity index (χ4v) is 3.19. The van der Waals surface area contributed by atoms with Gasteiger partial charge in [-0.3, -0.25) is 0 Å². The van der Waals surface area contributed by atoms with Crippen LogP contribution in [0.3, 0.4) is 0 Å². The van der Waals surface area contributed by atoms with E-state index in [1.165, 1.54) is 25.7 Å². The summed E-state index contributed by atoms with van der Waals surface area (Å²) in [6, 6.07) is 5.77. The molecule has 1 aliphatic heterocycles. The molecule has 3 N–H and O–H groups in total. The number of β-amino-alcohol motifs (C(OH)–C–C–N with tert-alkyl or cyclic N) is 1. The number of aliphatic hydroxyl groups is 2. The van der Waals surface area contributed by atoms with Gasteiger partial charge in [-0.15, -0.1) is 0 Å². The second kappa shape index (κ2) is 10.9. The molecule has 2 rings (SSSR count). The summed E-state index contributed by atoms with van der Waals surface area (Å²) in [7, 11) is 1.62. The first-order valence-corrected chi connectivity index (χ1v) is 9.99. The van der Waals surface area contributed by atoms with E-state index in [2.05, 4.69) is 10.2 Å². The number of ether oxygens (including phenoxy) is 2. The molecule has 0 radical (unpaired) electrons. The number of nitrogens with zero attached hydrogens (tertiary/aromatic N) is 1. The van der Waals surface area contributed by atoms with E-state index in [4.69, 9.17) is 9.47 Å². The van der Waals surface area contributed by atoms with Crippen LogP contribution in [0.2, 0.25) is 0 Å². The third kappa shape index (κ3) is 7.66. The van der Waals surface area contributed by atoms with Gasteiger partial charge in [0.1, 0.15) is 12.7 Å². The van der Waals surface area contributed by atoms with Gasteiger partial charge >= 0.3 is 0 Å². The standard InChI is InChI=1S/C21H36N2O4/c1-21(2,16-24)22-13-17-8-9-19(20(12-17)26-3)27-15-18(25)14-23-10-6-4-5-7-11-23/h8-9,12,18,22,24-25H,4-7,10-11,13-16H2,1-3H3. The van der Waals surface area contributed by atoms with E-state index in [-0.39, 0.29) is 18.8 Å². The molecule has 0 amide bonds. The predicted octanol–water partition coefficient (Wildman–Crippen LogP) is 2.17. The summed E-state index contributed by atoms with van der Waals surface area (Å²) in [5.41, 5.74) is 0.714. The third-order valence-corrected chi connectivity index (χ3v) is 4.99. The lowest BCUT2D eigenvalue weighted by Gasteiger charge is -2.24. The van der Waals surface area contributed by atoms with E-state index < -0.39 is 6.10 Å². The van der Waals surface area contributed by atoms with Crippen molar-refractivity contribution in [3.05, 3.63) is 23.8 Å². The molecular weight excluding hydrogens is 344 g/mol. The van der Waals surface area contributed by atoms with Crippen molar-refractivity contribution in [2.24, 2.45) is 0 Å². The van der Waals surface area contributed by atoms with E-state index in [0.29, 0.717) is 24.6 Å². The van der Waals surface area contributed by atoms with Crippen LogP contribution in [0.1, 0.15) is 45.1 Å². The normalized spacial score (nSPS) is 17.4. The van der Waals surface area contributed by atoms with E-state index in [9.17, 15) is 10.2 Å². The highest BCUT2D eigenvalue weighted by Crippen LogP contribution is 2.28. The molecule has 1 aromatic carbocycles. The summed E-state index contributed by atoms with van der Waals surface area (Å²) in [6.07, 6.45) is 4.49. The maximum atomic E-state index is 10.3. The number of benzene rings is 1. The predicted molar refractivity (Wildman–Crippen MR) is 107 cm³/mol. The Labute approximate surface area is 163 Å². The van der Waals surface area contributed by atoms with E-state index in [1.807, 2.05) is 32.0 Å². The van der Waals surface area contributed by atoms with Crippen molar-refractivity contribution in [1.82, 2.24) is 10.2 Å². The van der Waals surface area contributed by atoms with E-state index >= 15 is 0 Å². The maximum absolute atomic E-state index is 10.3. The zero-order valence-electron chi connectivity index (χ0n) is 17.0. The number of hydrogen-bond acceptors (Lipinski definition) is 6. The van der Waals surface area contributed by atoms with Gasteiger partial charge in [0, 0.05) is 18.6 Å². The van der Waals surface area contributed by atoms with Crippen LogP contribution in [0.15, 0.2) is 18.2 Å². The Hall–Kier alpha value is -1.34. The largest absolute Gasteiger partial charge is 0.493 e. The van der Waals surface area contributed by atoms with Crippen LogP contribution in [0.25, 0.3) is 0 Å². The molecular formula is C21H36N2O4. The van der Waals surface area contributed by atoms with Crippen LogP contribution < -0.4 is 14.8 Å². The van der Waals surface area contributed by atoms with Crippen molar-refractivity contribution >= 4 is 0 Å². The number of likely N-dealkylation sites (tertiary alicyclic amines) is 1. The van der Waals surface area contributed by atoms with Crippen molar-refractivity contribution < 1.29 is 19.7 Å². The van der Waals surface area contributed by atoms with Crippen molar-refractivity contribution in [3.63, 3.8) is 0 Å². The zero-order chi connectivity index (χ0) is 19.7. The summed E-state index contributed by atoms with van der Waals surface area (Å²) in [4.78, 5) is 2.33. The lowest BCUT2D eigenvalue weighted by atomic mass is 10.1. The summed E-state index contributed by atoms with van der Waals surface area (Å²) in [6.45, 7) is 7.63. The quantitative estimate of drug-likeness (QED) is 0.578. The summed E-state index contributed by atoms with van der Waals surface area (Å²) >= 11 is 0. The molecule has 1 atom stereocenters. The van der Waals surface area contributed by atoms with Gasteiger partial charge in [-0.25, -0.2) is 0 Å². The second-order valence-corrected chi connectivity index (χ2v) is 8.06. The minimum absolute atomic E-state index is 0.0697. The van der Waals surface area contributed by atoms with Crippen molar-refractivity contribution in [2.45, 2.75) is 57.7 Å². The molecule has 154 valence electrons. The highest BCUT2D eigenvalue weighted by molar-refractivity contribution is 5.43. The molecule has 6 heteroatoms.